The maximum atomic E-state index is 11.5. The van der Waals surface area contributed by atoms with Gasteiger partial charge in [0.2, 0.25) is 5.91 Å². The third-order valence-electron chi connectivity index (χ3n) is 2.88. The quantitative estimate of drug-likeness (QED) is 0.777. The van der Waals surface area contributed by atoms with E-state index >= 15 is 0 Å². The number of ether oxygens (including phenoxy) is 1. The Kier molecular flexibility index (Phi) is 3.13. The largest absolute Gasteiger partial charge is 0.497 e. The summed E-state index contributed by atoms with van der Waals surface area (Å²) >= 11 is 0. The first kappa shape index (κ1) is 11.0. The minimum atomic E-state index is 0.158. The van der Waals surface area contributed by atoms with E-state index in [-0.39, 0.29) is 5.91 Å². The monoisotopic (exact) mass is 219 g/mol. The van der Waals surface area contributed by atoms with Crippen LogP contribution in [0.5, 0.6) is 5.75 Å². The number of hydrogen-bond acceptors (Lipinski definition) is 2. The fraction of sp³-hybridized carbons (Fsp3) is 0.462. The van der Waals surface area contributed by atoms with Crippen LogP contribution in [0.1, 0.15) is 25.3 Å². The fourth-order valence-electron chi connectivity index (χ4n) is 1.85. The zero-order valence-electron chi connectivity index (χ0n) is 9.77. The molecule has 1 fully saturated rings. The summed E-state index contributed by atoms with van der Waals surface area (Å²) in [5.41, 5.74) is 1.13. The van der Waals surface area contributed by atoms with Crippen LogP contribution >= 0.6 is 0 Å². The number of carbonyl (C=O) groups is 1. The second kappa shape index (κ2) is 4.56. The molecule has 1 amide bonds. The molecule has 0 bridgehead atoms. The molecule has 2 rings (SSSR count). The van der Waals surface area contributed by atoms with Crippen molar-refractivity contribution >= 4 is 5.91 Å². The number of rotatable bonds is 4. The first-order valence-corrected chi connectivity index (χ1v) is 5.61. The Labute approximate surface area is 96.0 Å². The molecule has 1 saturated carbocycles. The van der Waals surface area contributed by atoms with Gasteiger partial charge in [-0.3, -0.25) is 4.79 Å². The van der Waals surface area contributed by atoms with Gasteiger partial charge in [-0.05, 0) is 30.5 Å². The Morgan fingerprint density at radius 3 is 2.81 bits per heavy atom. The van der Waals surface area contributed by atoms with Crippen LogP contribution in [0, 0.1) is 0 Å². The average Bonchev–Trinajstić information content (AvgIpc) is 3.10. The molecular weight excluding hydrogens is 202 g/mol. The lowest BCUT2D eigenvalue weighted by Crippen LogP contribution is -2.30. The standard InChI is InChI=1S/C13H17NO2/c1-10(15)14(12-6-7-12)9-11-4-3-5-13(8-11)16-2/h3-5,8,12H,6-7,9H2,1-2H3. The lowest BCUT2D eigenvalue weighted by atomic mass is 10.2. The van der Waals surface area contributed by atoms with Gasteiger partial charge in [-0.1, -0.05) is 12.1 Å². The summed E-state index contributed by atoms with van der Waals surface area (Å²) in [4.78, 5) is 13.4. The molecule has 0 radical (unpaired) electrons. The average molecular weight is 219 g/mol. The van der Waals surface area contributed by atoms with Crippen LogP contribution in [0.15, 0.2) is 24.3 Å². The molecule has 86 valence electrons. The number of methoxy groups -OCH3 is 1. The van der Waals surface area contributed by atoms with Gasteiger partial charge in [0, 0.05) is 19.5 Å². The second-order valence-electron chi connectivity index (χ2n) is 4.23. The highest BCUT2D eigenvalue weighted by Gasteiger charge is 2.30. The molecular formula is C13H17NO2. The highest BCUT2D eigenvalue weighted by atomic mass is 16.5. The van der Waals surface area contributed by atoms with E-state index in [9.17, 15) is 4.79 Å². The van der Waals surface area contributed by atoms with Crippen LogP contribution in [0.4, 0.5) is 0 Å². The van der Waals surface area contributed by atoms with Gasteiger partial charge in [0.15, 0.2) is 0 Å². The van der Waals surface area contributed by atoms with E-state index in [2.05, 4.69) is 0 Å². The van der Waals surface area contributed by atoms with Crippen molar-refractivity contribution in [3.63, 3.8) is 0 Å². The Balaban J connectivity index is 2.08. The summed E-state index contributed by atoms with van der Waals surface area (Å²) in [5, 5.41) is 0. The van der Waals surface area contributed by atoms with Crippen LogP contribution in [-0.4, -0.2) is 24.0 Å². The lowest BCUT2D eigenvalue weighted by Gasteiger charge is -2.20. The van der Waals surface area contributed by atoms with E-state index in [1.54, 1.807) is 14.0 Å². The molecule has 1 aromatic rings. The molecule has 0 spiro atoms. The Morgan fingerprint density at radius 2 is 2.25 bits per heavy atom. The number of amides is 1. The van der Waals surface area contributed by atoms with Gasteiger partial charge in [0.05, 0.1) is 7.11 Å². The SMILES string of the molecule is COc1cccc(CN(C(C)=O)C2CC2)c1. The highest BCUT2D eigenvalue weighted by Crippen LogP contribution is 2.28. The molecule has 1 aromatic carbocycles. The van der Waals surface area contributed by atoms with Gasteiger partial charge in [-0.15, -0.1) is 0 Å². The van der Waals surface area contributed by atoms with Gasteiger partial charge in [-0.25, -0.2) is 0 Å². The molecule has 0 N–H and O–H groups in total. The van der Waals surface area contributed by atoms with Gasteiger partial charge >= 0.3 is 0 Å². The van der Waals surface area contributed by atoms with E-state index in [0.717, 1.165) is 24.2 Å². The minimum absolute atomic E-state index is 0.158. The van der Waals surface area contributed by atoms with Crippen LogP contribution in [0.25, 0.3) is 0 Å². The number of hydrogen-bond donors (Lipinski definition) is 0. The summed E-state index contributed by atoms with van der Waals surface area (Å²) in [6, 6.07) is 8.35. The molecule has 16 heavy (non-hydrogen) atoms. The first-order valence-electron chi connectivity index (χ1n) is 5.61. The Morgan fingerprint density at radius 1 is 1.50 bits per heavy atom. The van der Waals surface area contributed by atoms with Crippen LogP contribution < -0.4 is 4.74 Å². The van der Waals surface area contributed by atoms with Crippen molar-refractivity contribution in [3.05, 3.63) is 29.8 Å². The molecule has 1 aliphatic rings. The van der Waals surface area contributed by atoms with Gasteiger partial charge in [0.25, 0.3) is 0 Å². The van der Waals surface area contributed by atoms with Crippen molar-refractivity contribution in [1.82, 2.24) is 4.90 Å². The van der Waals surface area contributed by atoms with Crippen molar-refractivity contribution in [2.75, 3.05) is 7.11 Å². The summed E-state index contributed by atoms with van der Waals surface area (Å²) in [6.07, 6.45) is 2.28. The van der Waals surface area contributed by atoms with Gasteiger partial charge in [0.1, 0.15) is 5.75 Å². The van der Waals surface area contributed by atoms with E-state index in [1.165, 1.54) is 0 Å². The molecule has 0 atom stereocenters. The first-order chi connectivity index (χ1) is 7.70. The van der Waals surface area contributed by atoms with Crippen LogP contribution in [0.2, 0.25) is 0 Å². The number of nitrogens with zero attached hydrogens (tertiary/aromatic N) is 1. The molecule has 3 heteroatoms. The van der Waals surface area contributed by atoms with E-state index in [4.69, 9.17) is 4.74 Å². The smallest absolute Gasteiger partial charge is 0.219 e. The molecule has 0 unspecified atom stereocenters. The van der Waals surface area contributed by atoms with Crippen LogP contribution in [0.3, 0.4) is 0 Å². The third-order valence-corrected chi connectivity index (χ3v) is 2.88. The van der Waals surface area contributed by atoms with E-state index < -0.39 is 0 Å². The number of carbonyl (C=O) groups excluding carboxylic acids is 1. The Bertz CT molecular complexity index is 385. The van der Waals surface area contributed by atoms with Crippen LogP contribution in [-0.2, 0) is 11.3 Å². The summed E-state index contributed by atoms with van der Waals surface area (Å²) in [6.45, 7) is 2.33. The molecule has 1 aliphatic carbocycles. The molecule has 0 heterocycles. The summed E-state index contributed by atoms with van der Waals surface area (Å²) in [5.74, 6) is 1.00. The zero-order valence-corrected chi connectivity index (χ0v) is 9.77. The van der Waals surface area contributed by atoms with Gasteiger partial charge in [-0.2, -0.15) is 0 Å². The fourth-order valence-corrected chi connectivity index (χ4v) is 1.85. The minimum Gasteiger partial charge on any atom is -0.497 e. The van der Waals surface area contributed by atoms with E-state index in [0.29, 0.717) is 12.6 Å². The zero-order chi connectivity index (χ0) is 11.5. The topological polar surface area (TPSA) is 29.5 Å². The third kappa shape index (κ3) is 2.54. The summed E-state index contributed by atoms with van der Waals surface area (Å²) < 4.78 is 5.17. The predicted octanol–water partition coefficient (Wildman–Crippen LogP) is 2.21. The highest BCUT2D eigenvalue weighted by molar-refractivity contribution is 5.74. The molecule has 0 aliphatic heterocycles. The molecule has 0 aromatic heterocycles. The number of benzene rings is 1. The lowest BCUT2D eigenvalue weighted by molar-refractivity contribution is -0.130. The molecule has 0 saturated heterocycles. The van der Waals surface area contributed by atoms with Crippen molar-refractivity contribution in [1.29, 1.82) is 0 Å². The normalized spacial score (nSPS) is 14.6. The molecule has 3 nitrogen and oxygen atoms in total. The van der Waals surface area contributed by atoms with Crippen molar-refractivity contribution in [2.24, 2.45) is 0 Å². The maximum absolute atomic E-state index is 11.5. The summed E-state index contributed by atoms with van der Waals surface area (Å²) in [7, 11) is 1.66. The predicted molar refractivity (Wildman–Crippen MR) is 62.2 cm³/mol. The van der Waals surface area contributed by atoms with E-state index in [1.807, 2.05) is 29.2 Å². The maximum Gasteiger partial charge on any atom is 0.219 e. The van der Waals surface area contributed by atoms with Gasteiger partial charge < -0.3 is 9.64 Å². The van der Waals surface area contributed by atoms with Crippen molar-refractivity contribution in [3.8, 4) is 5.75 Å². The van der Waals surface area contributed by atoms with Crippen molar-refractivity contribution in [2.45, 2.75) is 32.4 Å². The van der Waals surface area contributed by atoms with Crippen molar-refractivity contribution < 1.29 is 9.53 Å². The Hall–Kier alpha value is -1.51. The second-order valence-corrected chi connectivity index (χ2v) is 4.23.